The highest BCUT2D eigenvalue weighted by molar-refractivity contribution is 5.28. The largest absolute Gasteiger partial charge is 0.497 e. The Morgan fingerprint density at radius 3 is 2.26 bits per heavy atom. The summed E-state index contributed by atoms with van der Waals surface area (Å²) < 4.78 is 9.96. The van der Waals surface area contributed by atoms with Crippen molar-refractivity contribution in [1.82, 2.24) is 0 Å². The number of hydrogen-bond acceptors (Lipinski definition) is 2. The molecule has 100 valence electrons. The molecule has 1 aromatic rings. The van der Waals surface area contributed by atoms with Crippen LogP contribution < -0.4 is 4.74 Å². The minimum absolute atomic E-state index is 0.685. The molecule has 0 aliphatic heterocycles. The molecule has 0 N–H and O–H groups in total. The molecule has 2 nitrogen and oxygen atoms in total. The third-order valence-electron chi connectivity index (χ3n) is 2.66. The molecule has 1 aliphatic carbocycles. The second kappa shape index (κ2) is 8.88. The van der Waals surface area contributed by atoms with Crippen molar-refractivity contribution in [3.05, 3.63) is 53.8 Å². The van der Waals surface area contributed by atoms with Crippen LogP contribution in [0.3, 0.4) is 0 Å². The second-order valence-corrected chi connectivity index (χ2v) is 4.02. The average molecular weight is 256 g/mol. The normalized spacial score (nSPS) is 12.6. The Hall–Kier alpha value is -2.14. The summed E-state index contributed by atoms with van der Waals surface area (Å²) in [5.41, 5.74) is 1.15. The van der Waals surface area contributed by atoms with Gasteiger partial charge >= 0.3 is 0 Å². The van der Waals surface area contributed by atoms with Gasteiger partial charge in [0.25, 0.3) is 0 Å². The van der Waals surface area contributed by atoms with Gasteiger partial charge in [0.05, 0.1) is 14.2 Å². The van der Waals surface area contributed by atoms with Crippen LogP contribution in [-0.2, 0) is 11.2 Å². The fraction of sp³-hybridized carbons (Fsp3) is 0.294. The number of methoxy groups -OCH3 is 2. The third kappa shape index (κ3) is 5.83. The first kappa shape index (κ1) is 14.9. The van der Waals surface area contributed by atoms with Crippen molar-refractivity contribution in [3.8, 4) is 18.1 Å². The van der Waals surface area contributed by atoms with Crippen LogP contribution >= 0.6 is 0 Å². The van der Waals surface area contributed by atoms with E-state index in [0.29, 0.717) is 6.42 Å². The molecular weight excluding hydrogens is 236 g/mol. The van der Waals surface area contributed by atoms with Gasteiger partial charge in [0.2, 0.25) is 0 Å². The highest BCUT2D eigenvalue weighted by Crippen LogP contribution is 2.11. The van der Waals surface area contributed by atoms with Gasteiger partial charge in [-0.2, -0.15) is 0 Å². The van der Waals surface area contributed by atoms with Crippen molar-refractivity contribution in [2.24, 2.45) is 0 Å². The highest BCUT2D eigenvalue weighted by atomic mass is 16.5. The van der Waals surface area contributed by atoms with Gasteiger partial charge in [-0.15, -0.1) is 12.3 Å². The van der Waals surface area contributed by atoms with Crippen LogP contribution in [0.25, 0.3) is 0 Å². The molecule has 0 saturated heterocycles. The number of benzene rings is 1. The molecule has 2 rings (SSSR count). The zero-order valence-corrected chi connectivity index (χ0v) is 11.6. The predicted octanol–water partition coefficient (Wildman–Crippen LogP) is 3.74. The van der Waals surface area contributed by atoms with E-state index in [9.17, 15) is 0 Å². The molecule has 0 amide bonds. The lowest BCUT2D eigenvalue weighted by atomic mass is 10.1. The summed E-state index contributed by atoms with van der Waals surface area (Å²) in [5, 5.41) is 0. The summed E-state index contributed by atoms with van der Waals surface area (Å²) in [6.07, 6.45) is 14.3. The van der Waals surface area contributed by atoms with Gasteiger partial charge in [0, 0.05) is 6.42 Å². The summed E-state index contributed by atoms with van der Waals surface area (Å²) in [4.78, 5) is 0. The van der Waals surface area contributed by atoms with Crippen molar-refractivity contribution >= 4 is 0 Å². The Balaban J connectivity index is 0.000000200. The molecule has 0 atom stereocenters. The summed E-state index contributed by atoms with van der Waals surface area (Å²) in [7, 11) is 3.34. The molecule has 0 saturated carbocycles. The molecule has 0 heterocycles. The van der Waals surface area contributed by atoms with Gasteiger partial charge in [-0.1, -0.05) is 18.2 Å². The lowest BCUT2D eigenvalue weighted by Gasteiger charge is -2.02. The summed E-state index contributed by atoms with van der Waals surface area (Å²) in [5.74, 6) is 4.44. The zero-order valence-electron chi connectivity index (χ0n) is 11.6. The monoisotopic (exact) mass is 256 g/mol. The number of rotatable bonds is 3. The molecule has 0 unspecified atom stereocenters. The molecule has 19 heavy (non-hydrogen) atoms. The molecule has 0 bridgehead atoms. The van der Waals surface area contributed by atoms with E-state index in [0.717, 1.165) is 29.9 Å². The first-order valence-electron chi connectivity index (χ1n) is 6.27. The van der Waals surface area contributed by atoms with Crippen LogP contribution in [0.15, 0.2) is 48.3 Å². The van der Waals surface area contributed by atoms with Gasteiger partial charge in [0.15, 0.2) is 0 Å². The zero-order chi connectivity index (χ0) is 13.9. The van der Waals surface area contributed by atoms with Crippen molar-refractivity contribution in [3.63, 3.8) is 0 Å². The third-order valence-corrected chi connectivity index (χ3v) is 2.66. The fourth-order valence-electron chi connectivity index (χ4n) is 1.60. The molecular formula is C17H20O2. The Kier molecular flexibility index (Phi) is 6.97. The van der Waals surface area contributed by atoms with E-state index in [2.05, 4.69) is 18.1 Å². The summed E-state index contributed by atoms with van der Waals surface area (Å²) in [6.45, 7) is 0. The Morgan fingerprint density at radius 1 is 1.11 bits per heavy atom. The van der Waals surface area contributed by atoms with Crippen molar-refractivity contribution in [2.45, 2.75) is 19.3 Å². The fourth-order valence-corrected chi connectivity index (χ4v) is 1.60. The number of allylic oxidation sites excluding steroid dienone is 3. The van der Waals surface area contributed by atoms with Crippen LogP contribution in [0.5, 0.6) is 5.75 Å². The number of hydrogen-bond donors (Lipinski definition) is 0. The van der Waals surface area contributed by atoms with Gasteiger partial charge in [-0.25, -0.2) is 0 Å². The van der Waals surface area contributed by atoms with E-state index in [1.54, 1.807) is 14.2 Å². The first-order valence-corrected chi connectivity index (χ1v) is 6.27. The molecule has 0 fully saturated rings. The van der Waals surface area contributed by atoms with Gasteiger partial charge in [-0.3, -0.25) is 0 Å². The predicted molar refractivity (Wildman–Crippen MR) is 79.0 cm³/mol. The smallest absolute Gasteiger partial charge is 0.118 e. The van der Waals surface area contributed by atoms with Crippen molar-refractivity contribution in [1.29, 1.82) is 0 Å². The molecule has 2 heteroatoms. The van der Waals surface area contributed by atoms with E-state index in [-0.39, 0.29) is 0 Å². The SMILES string of the molecule is C#CCc1ccc(OC)cc1.COC1=CCCC=C1. The molecule has 0 radical (unpaired) electrons. The maximum atomic E-state index is 5.15. The van der Waals surface area contributed by atoms with Crippen LogP contribution in [-0.4, -0.2) is 14.2 Å². The van der Waals surface area contributed by atoms with Crippen molar-refractivity contribution in [2.75, 3.05) is 14.2 Å². The quantitative estimate of drug-likeness (QED) is 0.767. The van der Waals surface area contributed by atoms with E-state index in [1.165, 1.54) is 0 Å². The lowest BCUT2D eigenvalue weighted by Crippen LogP contribution is -1.85. The highest BCUT2D eigenvalue weighted by Gasteiger charge is 1.92. The summed E-state index contributed by atoms with van der Waals surface area (Å²) in [6, 6.07) is 7.76. The lowest BCUT2D eigenvalue weighted by molar-refractivity contribution is 0.303. The first-order chi connectivity index (χ1) is 9.30. The minimum atomic E-state index is 0.685. The maximum absolute atomic E-state index is 5.15. The van der Waals surface area contributed by atoms with Crippen LogP contribution in [0, 0.1) is 12.3 Å². The van der Waals surface area contributed by atoms with Gasteiger partial charge < -0.3 is 9.47 Å². The Bertz CT molecular complexity index is 461. The average Bonchev–Trinajstić information content (AvgIpc) is 2.50. The standard InChI is InChI=1S/C10H10O.C7H10O/c1-3-4-9-5-7-10(11-2)8-6-9;1-8-7-5-3-2-4-6-7/h1,5-8H,4H2,2H3;3,5-6H,2,4H2,1H3. The van der Waals surface area contributed by atoms with Gasteiger partial charge in [0.1, 0.15) is 11.5 Å². The minimum Gasteiger partial charge on any atom is -0.497 e. The Morgan fingerprint density at radius 2 is 1.84 bits per heavy atom. The second-order valence-electron chi connectivity index (χ2n) is 4.02. The number of ether oxygens (including phenoxy) is 2. The Labute approximate surface area is 115 Å². The molecule has 1 aromatic carbocycles. The topological polar surface area (TPSA) is 18.5 Å². The molecule has 0 spiro atoms. The van der Waals surface area contributed by atoms with Crippen LogP contribution in [0.4, 0.5) is 0 Å². The maximum Gasteiger partial charge on any atom is 0.118 e. The van der Waals surface area contributed by atoms with Gasteiger partial charge in [-0.05, 0) is 42.7 Å². The summed E-state index contributed by atoms with van der Waals surface area (Å²) >= 11 is 0. The van der Waals surface area contributed by atoms with E-state index in [4.69, 9.17) is 15.9 Å². The molecule has 1 aliphatic rings. The van der Waals surface area contributed by atoms with E-state index in [1.807, 2.05) is 30.3 Å². The van der Waals surface area contributed by atoms with Crippen molar-refractivity contribution < 1.29 is 9.47 Å². The van der Waals surface area contributed by atoms with Crippen LogP contribution in [0.1, 0.15) is 18.4 Å². The molecule has 0 aromatic heterocycles. The number of terminal acetylenes is 1. The van der Waals surface area contributed by atoms with E-state index < -0.39 is 0 Å². The van der Waals surface area contributed by atoms with Crippen LogP contribution in [0.2, 0.25) is 0 Å². The van der Waals surface area contributed by atoms with E-state index >= 15 is 0 Å².